The van der Waals surface area contributed by atoms with Gasteiger partial charge in [-0.3, -0.25) is 0 Å². The fourth-order valence-corrected chi connectivity index (χ4v) is 1.46. The Labute approximate surface area is 98.2 Å². The molecule has 0 unspecified atom stereocenters. The van der Waals surface area contributed by atoms with Gasteiger partial charge in [0.15, 0.2) is 5.03 Å². The monoisotopic (exact) mass is 229 g/mol. The smallest absolute Gasteiger partial charge is 0.162 e. The molecule has 0 aliphatic carbocycles. The number of rotatable bonds is 4. The molecule has 0 saturated carbocycles. The molecule has 0 bridgehead atoms. The molecule has 0 aliphatic rings. The first-order valence-corrected chi connectivity index (χ1v) is 5.08. The van der Waals surface area contributed by atoms with E-state index >= 15 is 0 Å². The van der Waals surface area contributed by atoms with Crippen molar-refractivity contribution in [3.63, 3.8) is 0 Å². The van der Waals surface area contributed by atoms with E-state index in [0.29, 0.717) is 11.4 Å². The third-order valence-electron chi connectivity index (χ3n) is 2.19. The Hall–Kier alpha value is -2.56. The van der Waals surface area contributed by atoms with Crippen LogP contribution in [0.15, 0.2) is 54.6 Å². The average molecular weight is 229 g/mol. The van der Waals surface area contributed by atoms with Gasteiger partial charge in [-0.1, -0.05) is 30.3 Å². The zero-order valence-corrected chi connectivity index (χ0v) is 8.96. The van der Waals surface area contributed by atoms with Gasteiger partial charge in [-0.25, -0.2) is 10.1 Å². The molecule has 17 heavy (non-hydrogen) atoms. The van der Waals surface area contributed by atoms with Crippen LogP contribution in [0.2, 0.25) is 0 Å². The third kappa shape index (κ3) is 2.94. The molecule has 86 valence electrons. The molecule has 0 heterocycles. The molecule has 0 spiro atoms. The van der Waals surface area contributed by atoms with Gasteiger partial charge in [0.2, 0.25) is 0 Å². The molecule has 0 aromatic heterocycles. The summed E-state index contributed by atoms with van der Waals surface area (Å²) in [5.41, 5.74) is 4.13. The maximum atomic E-state index is 10.4. The van der Waals surface area contributed by atoms with Gasteiger partial charge in [-0.05, 0) is 24.3 Å². The van der Waals surface area contributed by atoms with Crippen LogP contribution in [0.5, 0.6) is 0 Å². The Morgan fingerprint density at radius 2 is 1.47 bits per heavy atom. The van der Waals surface area contributed by atoms with E-state index in [1.807, 2.05) is 36.4 Å². The number of hydrazine groups is 1. The van der Waals surface area contributed by atoms with Crippen LogP contribution >= 0.6 is 0 Å². The van der Waals surface area contributed by atoms with Crippen LogP contribution in [-0.2, 0) is 0 Å². The van der Waals surface area contributed by atoms with Crippen molar-refractivity contribution in [2.45, 2.75) is 0 Å². The lowest BCUT2D eigenvalue weighted by Crippen LogP contribution is -2.09. The summed E-state index contributed by atoms with van der Waals surface area (Å²) in [5, 5.41) is 13.0. The second kappa shape index (κ2) is 4.98. The van der Waals surface area contributed by atoms with Crippen molar-refractivity contribution in [3.8, 4) is 0 Å². The summed E-state index contributed by atoms with van der Waals surface area (Å²) in [7, 11) is 0. The lowest BCUT2D eigenvalue weighted by molar-refractivity contribution is -0.445. The number of nitro groups is 1. The predicted molar refractivity (Wildman–Crippen MR) is 66.8 cm³/mol. The van der Waals surface area contributed by atoms with Gasteiger partial charge in [0, 0.05) is 5.69 Å². The number of benzene rings is 2. The number of anilines is 3. The quantitative estimate of drug-likeness (QED) is 0.624. The summed E-state index contributed by atoms with van der Waals surface area (Å²) in [6, 6.07) is 16.5. The molecule has 5 nitrogen and oxygen atoms in total. The highest BCUT2D eigenvalue weighted by Crippen LogP contribution is 2.24. The number of nitrogens with one attached hydrogen (secondary N) is 2. The zero-order chi connectivity index (χ0) is 12.1. The standard InChI is InChI=1S/C12H11N3O2/c16-15(17)14-12-9-5-4-8-11(12)13-10-6-2-1-3-7-10/h1-9,13-14H. The largest absolute Gasteiger partial charge is 0.354 e. The molecule has 0 radical (unpaired) electrons. The molecular weight excluding hydrogens is 218 g/mol. The van der Waals surface area contributed by atoms with Crippen molar-refractivity contribution < 1.29 is 5.03 Å². The van der Waals surface area contributed by atoms with E-state index in [1.165, 1.54) is 0 Å². The molecule has 0 saturated heterocycles. The summed E-state index contributed by atoms with van der Waals surface area (Å²) in [6.07, 6.45) is 0. The molecule has 0 amide bonds. The molecule has 2 N–H and O–H groups in total. The number of para-hydroxylation sites is 3. The molecule has 0 aliphatic heterocycles. The highest BCUT2D eigenvalue weighted by atomic mass is 16.7. The van der Waals surface area contributed by atoms with E-state index < -0.39 is 5.03 Å². The van der Waals surface area contributed by atoms with Crippen LogP contribution in [0.1, 0.15) is 0 Å². The maximum Gasteiger partial charge on any atom is 0.162 e. The van der Waals surface area contributed by atoms with Gasteiger partial charge in [-0.15, -0.1) is 5.43 Å². The molecule has 2 aromatic carbocycles. The summed E-state index contributed by atoms with van der Waals surface area (Å²) in [5.74, 6) is 0. The van der Waals surface area contributed by atoms with Crippen LogP contribution in [0.3, 0.4) is 0 Å². The van der Waals surface area contributed by atoms with Crippen LogP contribution in [0.4, 0.5) is 17.1 Å². The maximum absolute atomic E-state index is 10.4. The highest BCUT2D eigenvalue weighted by Gasteiger charge is 2.05. The summed E-state index contributed by atoms with van der Waals surface area (Å²) in [6.45, 7) is 0. The van der Waals surface area contributed by atoms with E-state index in [9.17, 15) is 10.1 Å². The first-order chi connectivity index (χ1) is 8.25. The highest BCUT2D eigenvalue weighted by molar-refractivity contribution is 5.73. The van der Waals surface area contributed by atoms with Gasteiger partial charge < -0.3 is 5.32 Å². The number of hydrogen-bond acceptors (Lipinski definition) is 3. The molecule has 5 heteroatoms. The van der Waals surface area contributed by atoms with Crippen molar-refractivity contribution >= 4 is 17.1 Å². The van der Waals surface area contributed by atoms with Crippen molar-refractivity contribution in [3.05, 3.63) is 64.7 Å². The van der Waals surface area contributed by atoms with E-state index in [4.69, 9.17) is 0 Å². The van der Waals surface area contributed by atoms with Crippen molar-refractivity contribution in [1.82, 2.24) is 0 Å². The van der Waals surface area contributed by atoms with Crippen LogP contribution < -0.4 is 10.7 Å². The average Bonchev–Trinajstić information content (AvgIpc) is 2.32. The molecular formula is C12H11N3O2. The zero-order valence-electron chi connectivity index (χ0n) is 8.96. The van der Waals surface area contributed by atoms with Gasteiger partial charge in [0.25, 0.3) is 0 Å². The van der Waals surface area contributed by atoms with Crippen molar-refractivity contribution in [1.29, 1.82) is 0 Å². The fourth-order valence-electron chi connectivity index (χ4n) is 1.46. The van der Waals surface area contributed by atoms with Crippen molar-refractivity contribution in [2.24, 2.45) is 0 Å². The van der Waals surface area contributed by atoms with Gasteiger partial charge in [0.05, 0.1) is 5.69 Å². The number of nitrogens with zero attached hydrogens (tertiary/aromatic N) is 1. The molecule has 0 atom stereocenters. The Morgan fingerprint density at radius 1 is 0.882 bits per heavy atom. The van der Waals surface area contributed by atoms with E-state index in [1.54, 1.807) is 18.2 Å². The minimum Gasteiger partial charge on any atom is -0.354 e. The Balaban J connectivity index is 2.23. The summed E-state index contributed by atoms with van der Waals surface area (Å²) in [4.78, 5) is 10.4. The van der Waals surface area contributed by atoms with Crippen LogP contribution in [-0.4, -0.2) is 5.03 Å². The van der Waals surface area contributed by atoms with Crippen molar-refractivity contribution in [2.75, 3.05) is 10.7 Å². The first-order valence-electron chi connectivity index (χ1n) is 5.08. The second-order valence-corrected chi connectivity index (χ2v) is 3.41. The van der Waals surface area contributed by atoms with Crippen LogP contribution in [0.25, 0.3) is 0 Å². The lowest BCUT2D eigenvalue weighted by Gasteiger charge is -2.09. The predicted octanol–water partition coefficient (Wildman–Crippen LogP) is 3.03. The Kier molecular flexibility index (Phi) is 3.20. The Morgan fingerprint density at radius 3 is 2.12 bits per heavy atom. The molecule has 2 aromatic rings. The summed E-state index contributed by atoms with van der Waals surface area (Å²) >= 11 is 0. The van der Waals surface area contributed by atoms with Crippen LogP contribution in [0, 0.1) is 10.1 Å². The molecule has 0 fully saturated rings. The van der Waals surface area contributed by atoms with E-state index in [2.05, 4.69) is 10.7 Å². The number of hydrogen-bond donors (Lipinski definition) is 2. The summed E-state index contributed by atoms with van der Waals surface area (Å²) < 4.78 is 0. The fraction of sp³-hybridized carbons (Fsp3) is 0. The molecule has 2 rings (SSSR count). The lowest BCUT2D eigenvalue weighted by atomic mass is 10.2. The third-order valence-corrected chi connectivity index (χ3v) is 2.19. The SMILES string of the molecule is O=[N+]([O-])Nc1ccccc1Nc1ccccc1. The van der Waals surface area contributed by atoms with Gasteiger partial charge in [-0.2, -0.15) is 0 Å². The first kappa shape index (κ1) is 10.9. The minimum absolute atomic E-state index is 0.432. The van der Waals surface area contributed by atoms with Gasteiger partial charge in [0.1, 0.15) is 5.69 Å². The topological polar surface area (TPSA) is 67.2 Å². The normalized spacial score (nSPS) is 9.65. The minimum atomic E-state index is -0.578. The van der Waals surface area contributed by atoms with E-state index in [-0.39, 0.29) is 0 Å². The van der Waals surface area contributed by atoms with Gasteiger partial charge >= 0.3 is 0 Å². The second-order valence-electron chi connectivity index (χ2n) is 3.41. The Bertz CT molecular complexity index is 514. The van der Waals surface area contributed by atoms with E-state index in [0.717, 1.165) is 5.69 Å².